The first kappa shape index (κ1) is 16.2. The molecule has 21 heavy (non-hydrogen) atoms. The first-order chi connectivity index (χ1) is 9.78. The van der Waals surface area contributed by atoms with Gasteiger partial charge in [0, 0.05) is 29.7 Å². The molecule has 0 radical (unpaired) electrons. The molecule has 2 rings (SSSR count). The van der Waals surface area contributed by atoms with Crippen molar-refractivity contribution in [3.8, 4) is 0 Å². The van der Waals surface area contributed by atoms with Crippen LogP contribution in [-0.2, 0) is 11.3 Å². The van der Waals surface area contributed by atoms with Gasteiger partial charge in [-0.1, -0.05) is 0 Å². The van der Waals surface area contributed by atoms with E-state index in [2.05, 4.69) is 22.5 Å². The van der Waals surface area contributed by atoms with Crippen LogP contribution in [-0.4, -0.2) is 28.8 Å². The third kappa shape index (κ3) is 5.28. The SMILES string of the molecule is CC(C)(C)OC(=O)NCC(C)(NCc1cncs1)C1CC1. The van der Waals surface area contributed by atoms with Crippen LogP contribution in [0, 0.1) is 5.92 Å². The molecule has 1 saturated carbocycles. The quantitative estimate of drug-likeness (QED) is 0.848. The maximum atomic E-state index is 11.8. The Hall–Kier alpha value is -1.14. The van der Waals surface area contributed by atoms with Crippen LogP contribution in [0.5, 0.6) is 0 Å². The minimum Gasteiger partial charge on any atom is -0.444 e. The minimum atomic E-state index is -0.462. The van der Waals surface area contributed by atoms with Gasteiger partial charge in [0.05, 0.1) is 5.51 Å². The molecule has 1 aliphatic rings. The van der Waals surface area contributed by atoms with Crippen molar-refractivity contribution in [2.75, 3.05) is 6.54 Å². The van der Waals surface area contributed by atoms with Crippen LogP contribution in [0.15, 0.2) is 11.7 Å². The van der Waals surface area contributed by atoms with Crippen molar-refractivity contribution >= 4 is 17.4 Å². The molecule has 118 valence electrons. The Balaban J connectivity index is 1.84. The van der Waals surface area contributed by atoms with Gasteiger partial charge in [-0.2, -0.15) is 0 Å². The van der Waals surface area contributed by atoms with E-state index in [0.717, 1.165) is 6.54 Å². The zero-order valence-electron chi connectivity index (χ0n) is 13.2. The topological polar surface area (TPSA) is 63.2 Å². The molecule has 1 unspecified atom stereocenters. The number of nitrogens with zero attached hydrogens (tertiary/aromatic N) is 1. The smallest absolute Gasteiger partial charge is 0.407 e. The second kappa shape index (κ2) is 6.32. The third-order valence-corrected chi connectivity index (χ3v) is 4.41. The summed E-state index contributed by atoms with van der Waals surface area (Å²) in [6.45, 7) is 9.14. The fourth-order valence-electron chi connectivity index (χ4n) is 2.26. The van der Waals surface area contributed by atoms with Crippen LogP contribution in [0.4, 0.5) is 4.79 Å². The summed E-state index contributed by atoms with van der Waals surface area (Å²) >= 11 is 1.64. The van der Waals surface area contributed by atoms with Gasteiger partial charge in [-0.05, 0) is 46.5 Å². The molecule has 0 saturated heterocycles. The summed E-state index contributed by atoms with van der Waals surface area (Å²) in [7, 11) is 0. The van der Waals surface area contributed by atoms with Crippen molar-refractivity contribution in [2.24, 2.45) is 5.92 Å². The number of aromatic nitrogens is 1. The van der Waals surface area contributed by atoms with Gasteiger partial charge in [0.15, 0.2) is 0 Å². The molecule has 1 aliphatic carbocycles. The molecule has 1 fully saturated rings. The van der Waals surface area contributed by atoms with E-state index in [1.807, 2.05) is 32.5 Å². The first-order valence-electron chi connectivity index (χ1n) is 7.38. The number of ether oxygens (including phenoxy) is 1. The van der Waals surface area contributed by atoms with E-state index in [1.54, 1.807) is 11.3 Å². The lowest BCUT2D eigenvalue weighted by Gasteiger charge is -2.32. The second-order valence-corrected chi connectivity index (χ2v) is 7.84. The molecule has 0 bridgehead atoms. The molecule has 1 aromatic heterocycles. The molecule has 2 N–H and O–H groups in total. The molecule has 5 nitrogen and oxygen atoms in total. The maximum absolute atomic E-state index is 11.8. The Bertz CT molecular complexity index is 466. The van der Waals surface area contributed by atoms with Crippen molar-refractivity contribution < 1.29 is 9.53 Å². The summed E-state index contributed by atoms with van der Waals surface area (Å²) in [4.78, 5) is 17.1. The number of alkyl carbamates (subject to hydrolysis) is 1. The molecular weight excluding hydrogens is 286 g/mol. The molecular formula is C15H25N3O2S. The highest BCUT2D eigenvalue weighted by Gasteiger charge is 2.41. The van der Waals surface area contributed by atoms with Crippen LogP contribution in [0.25, 0.3) is 0 Å². The van der Waals surface area contributed by atoms with Crippen LogP contribution in [0.1, 0.15) is 45.4 Å². The van der Waals surface area contributed by atoms with Gasteiger partial charge >= 0.3 is 6.09 Å². The molecule has 1 atom stereocenters. The number of hydrogen-bond donors (Lipinski definition) is 2. The van der Waals surface area contributed by atoms with Gasteiger partial charge < -0.3 is 15.4 Å². The molecule has 1 amide bonds. The fraction of sp³-hybridized carbons (Fsp3) is 0.733. The van der Waals surface area contributed by atoms with E-state index in [9.17, 15) is 4.79 Å². The van der Waals surface area contributed by atoms with Crippen LogP contribution < -0.4 is 10.6 Å². The number of hydrogen-bond acceptors (Lipinski definition) is 5. The summed E-state index contributed by atoms with van der Waals surface area (Å²) in [5, 5.41) is 6.47. The highest BCUT2D eigenvalue weighted by Crippen LogP contribution is 2.39. The highest BCUT2D eigenvalue weighted by atomic mass is 32.1. The minimum absolute atomic E-state index is 0.0963. The highest BCUT2D eigenvalue weighted by molar-refractivity contribution is 7.09. The van der Waals surface area contributed by atoms with Crippen molar-refractivity contribution in [2.45, 2.75) is 58.2 Å². The summed E-state index contributed by atoms with van der Waals surface area (Å²) < 4.78 is 5.30. The first-order valence-corrected chi connectivity index (χ1v) is 8.26. The summed E-state index contributed by atoms with van der Waals surface area (Å²) in [5.41, 5.74) is 1.28. The zero-order chi connectivity index (χ0) is 15.5. The Morgan fingerprint density at radius 2 is 2.14 bits per heavy atom. The molecule has 0 aliphatic heterocycles. The van der Waals surface area contributed by atoms with Gasteiger partial charge in [0.25, 0.3) is 0 Å². The van der Waals surface area contributed by atoms with Gasteiger partial charge in [-0.25, -0.2) is 4.79 Å². The number of carbonyl (C=O) groups excluding carboxylic acids is 1. The Labute approximate surface area is 130 Å². The van der Waals surface area contributed by atoms with E-state index < -0.39 is 5.60 Å². The molecule has 1 heterocycles. The Morgan fingerprint density at radius 3 is 2.67 bits per heavy atom. The van der Waals surface area contributed by atoms with Crippen molar-refractivity contribution in [3.05, 3.63) is 16.6 Å². The normalized spacial score (nSPS) is 18.1. The summed E-state index contributed by atoms with van der Waals surface area (Å²) in [6.07, 6.45) is 3.95. The Kier molecular flexibility index (Phi) is 4.88. The van der Waals surface area contributed by atoms with Crippen LogP contribution >= 0.6 is 11.3 Å². The monoisotopic (exact) mass is 311 g/mol. The maximum Gasteiger partial charge on any atom is 0.407 e. The van der Waals surface area contributed by atoms with Crippen molar-refractivity contribution in [1.29, 1.82) is 0 Å². The van der Waals surface area contributed by atoms with Crippen LogP contribution in [0.3, 0.4) is 0 Å². The lowest BCUT2D eigenvalue weighted by atomic mass is 9.95. The molecule has 0 spiro atoms. The lowest BCUT2D eigenvalue weighted by molar-refractivity contribution is 0.0507. The van der Waals surface area contributed by atoms with Gasteiger partial charge in [0.2, 0.25) is 0 Å². The predicted molar refractivity (Wildman–Crippen MR) is 84.3 cm³/mol. The number of amides is 1. The van der Waals surface area contributed by atoms with Crippen LogP contribution in [0.2, 0.25) is 0 Å². The zero-order valence-corrected chi connectivity index (χ0v) is 14.0. The van der Waals surface area contributed by atoms with Crippen molar-refractivity contribution in [1.82, 2.24) is 15.6 Å². The average Bonchev–Trinajstić information content (AvgIpc) is 3.10. The number of carbonyl (C=O) groups is 1. The average molecular weight is 311 g/mol. The molecule has 1 aromatic rings. The standard InChI is InChI=1S/C15H25N3O2S/c1-14(2,3)20-13(19)17-9-15(4,11-5-6-11)18-8-12-7-16-10-21-12/h7,10-11,18H,5-6,8-9H2,1-4H3,(H,17,19). The molecule has 6 heteroatoms. The van der Waals surface area contributed by atoms with E-state index in [0.29, 0.717) is 12.5 Å². The fourth-order valence-corrected chi connectivity index (χ4v) is 2.79. The van der Waals surface area contributed by atoms with Crippen molar-refractivity contribution in [3.63, 3.8) is 0 Å². The largest absolute Gasteiger partial charge is 0.444 e. The van der Waals surface area contributed by atoms with E-state index in [1.165, 1.54) is 17.7 Å². The van der Waals surface area contributed by atoms with E-state index >= 15 is 0 Å². The molecule has 0 aromatic carbocycles. The number of nitrogens with one attached hydrogen (secondary N) is 2. The van der Waals surface area contributed by atoms with Gasteiger partial charge in [0.1, 0.15) is 5.60 Å². The predicted octanol–water partition coefficient (Wildman–Crippen LogP) is 2.93. The Morgan fingerprint density at radius 1 is 1.43 bits per heavy atom. The number of thiazole rings is 1. The summed E-state index contributed by atoms with van der Waals surface area (Å²) in [6, 6.07) is 0. The van der Waals surface area contributed by atoms with E-state index in [-0.39, 0.29) is 11.6 Å². The lowest BCUT2D eigenvalue weighted by Crippen LogP contribution is -2.53. The summed E-state index contributed by atoms with van der Waals surface area (Å²) in [5.74, 6) is 0.611. The third-order valence-electron chi connectivity index (χ3n) is 3.63. The van der Waals surface area contributed by atoms with E-state index in [4.69, 9.17) is 4.74 Å². The van der Waals surface area contributed by atoms with Gasteiger partial charge in [-0.15, -0.1) is 11.3 Å². The van der Waals surface area contributed by atoms with Gasteiger partial charge in [-0.3, -0.25) is 4.98 Å². The second-order valence-electron chi connectivity index (χ2n) is 6.87. The number of rotatable bonds is 6.